The van der Waals surface area contributed by atoms with Gasteiger partial charge in [0.2, 0.25) is 0 Å². The smallest absolute Gasteiger partial charge is 0.143 e. The maximum Gasteiger partial charge on any atom is 0.143 e. The average molecular weight is 258 g/mol. The molecule has 5 nitrogen and oxygen atoms in total. The molecule has 2 rings (SSSR count). The first kappa shape index (κ1) is 13.3. The number of para-hydroxylation sites is 1. The number of ether oxygens (including phenoxy) is 1. The number of methoxy groups -OCH3 is 1. The van der Waals surface area contributed by atoms with Crippen LogP contribution in [0.2, 0.25) is 0 Å². The second-order valence-corrected chi connectivity index (χ2v) is 4.15. The van der Waals surface area contributed by atoms with Crippen molar-refractivity contribution < 1.29 is 4.74 Å². The van der Waals surface area contributed by atoms with Crippen LogP contribution >= 0.6 is 0 Å². The summed E-state index contributed by atoms with van der Waals surface area (Å²) in [7, 11) is 1.66. The minimum absolute atomic E-state index is 0.618. The fourth-order valence-electron chi connectivity index (χ4n) is 1.91. The Labute approximate surface area is 112 Å². The zero-order chi connectivity index (χ0) is 13.7. The molecule has 3 N–H and O–H groups in total. The number of aromatic nitrogens is 2. The third-order valence-corrected chi connectivity index (χ3v) is 2.88. The summed E-state index contributed by atoms with van der Waals surface area (Å²) < 4.78 is 5.33. The predicted octanol–water partition coefficient (Wildman–Crippen LogP) is 1.92. The summed E-state index contributed by atoms with van der Waals surface area (Å²) in [4.78, 5) is 8.88. The van der Waals surface area contributed by atoms with Gasteiger partial charge < -0.3 is 10.2 Å². The summed E-state index contributed by atoms with van der Waals surface area (Å²) in [5.41, 5.74) is 4.60. The molecule has 0 bridgehead atoms. The summed E-state index contributed by atoms with van der Waals surface area (Å²) in [5, 5.41) is 0. The first-order valence-corrected chi connectivity index (χ1v) is 6.22. The molecule has 0 aliphatic rings. The van der Waals surface area contributed by atoms with Crippen LogP contribution in [0.5, 0.6) is 5.75 Å². The second-order valence-electron chi connectivity index (χ2n) is 4.15. The molecule has 1 heterocycles. The Morgan fingerprint density at radius 1 is 1.26 bits per heavy atom. The number of hydrogen-bond acceptors (Lipinski definition) is 5. The summed E-state index contributed by atoms with van der Waals surface area (Å²) in [6.07, 6.45) is 1.46. The molecule has 5 heteroatoms. The zero-order valence-electron chi connectivity index (χ0n) is 11.2. The van der Waals surface area contributed by atoms with E-state index in [2.05, 4.69) is 22.3 Å². The Morgan fingerprint density at radius 3 is 2.74 bits per heavy atom. The number of benzene rings is 1. The van der Waals surface area contributed by atoms with Gasteiger partial charge in [0.1, 0.15) is 17.4 Å². The summed E-state index contributed by atoms with van der Waals surface area (Å²) in [6.45, 7) is 2.05. The minimum Gasteiger partial charge on any atom is -0.496 e. The Morgan fingerprint density at radius 2 is 2.05 bits per heavy atom. The lowest BCUT2D eigenvalue weighted by molar-refractivity contribution is 0.410. The van der Waals surface area contributed by atoms with Crippen molar-refractivity contribution in [3.05, 3.63) is 47.4 Å². The SMILES string of the molecule is CCc1cc(NN)nc(Cc2ccccc2OC)n1. The highest BCUT2D eigenvalue weighted by atomic mass is 16.5. The van der Waals surface area contributed by atoms with E-state index in [1.54, 1.807) is 7.11 Å². The van der Waals surface area contributed by atoms with Gasteiger partial charge in [-0.05, 0) is 12.5 Å². The molecule has 0 spiro atoms. The number of aryl methyl sites for hydroxylation is 1. The molecule has 100 valence electrons. The maximum atomic E-state index is 5.43. The number of hydrogen-bond donors (Lipinski definition) is 2. The standard InChI is InChI=1S/C14H18N4O/c1-3-11-9-14(18-15)17-13(16-11)8-10-6-4-5-7-12(10)19-2/h4-7,9H,3,8,15H2,1-2H3,(H,16,17,18). The molecule has 19 heavy (non-hydrogen) atoms. The van der Waals surface area contributed by atoms with Crippen molar-refractivity contribution in [3.63, 3.8) is 0 Å². The highest BCUT2D eigenvalue weighted by Gasteiger charge is 2.07. The van der Waals surface area contributed by atoms with Gasteiger partial charge >= 0.3 is 0 Å². The van der Waals surface area contributed by atoms with Crippen LogP contribution in [-0.2, 0) is 12.8 Å². The Bertz CT molecular complexity index is 535. The minimum atomic E-state index is 0.618. The first-order chi connectivity index (χ1) is 9.26. The van der Waals surface area contributed by atoms with E-state index in [9.17, 15) is 0 Å². The number of nitrogen functional groups attached to an aromatic ring is 1. The van der Waals surface area contributed by atoms with Gasteiger partial charge in [0, 0.05) is 23.7 Å². The highest BCUT2D eigenvalue weighted by molar-refractivity contribution is 5.38. The van der Waals surface area contributed by atoms with E-state index in [0.29, 0.717) is 12.2 Å². The van der Waals surface area contributed by atoms with Gasteiger partial charge in [0.05, 0.1) is 7.11 Å². The molecule has 1 aromatic heterocycles. The van der Waals surface area contributed by atoms with Crippen molar-refractivity contribution in [2.24, 2.45) is 5.84 Å². The van der Waals surface area contributed by atoms with Crippen LogP contribution in [0.4, 0.5) is 5.82 Å². The lowest BCUT2D eigenvalue weighted by atomic mass is 10.1. The monoisotopic (exact) mass is 258 g/mol. The van der Waals surface area contributed by atoms with Gasteiger partial charge in [-0.15, -0.1) is 0 Å². The molecule has 0 saturated heterocycles. The van der Waals surface area contributed by atoms with Gasteiger partial charge in [-0.1, -0.05) is 25.1 Å². The lowest BCUT2D eigenvalue weighted by Crippen LogP contribution is -2.12. The van der Waals surface area contributed by atoms with E-state index in [0.717, 1.165) is 29.3 Å². The fraction of sp³-hybridized carbons (Fsp3) is 0.286. The van der Waals surface area contributed by atoms with Crippen LogP contribution in [-0.4, -0.2) is 17.1 Å². The normalized spacial score (nSPS) is 10.3. The van der Waals surface area contributed by atoms with E-state index >= 15 is 0 Å². The Hall–Kier alpha value is -2.14. The topological polar surface area (TPSA) is 73.1 Å². The second kappa shape index (κ2) is 6.15. The molecule has 2 aromatic rings. The van der Waals surface area contributed by atoms with Gasteiger partial charge in [0.15, 0.2) is 0 Å². The number of nitrogens with two attached hydrogens (primary N) is 1. The molecule has 0 saturated carbocycles. The van der Waals surface area contributed by atoms with Crippen molar-refractivity contribution in [2.75, 3.05) is 12.5 Å². The van der Waals surface area contributed by atoms with Gasteiger partial charge in [0.25, 0.3) is 0 Å². The van der Waals surface area contributed by atoms with E-state index in [1.807, 2.05) is 30.3 Å². The summed E-state index contributed by atoms with van der Waals surface area (Å²) in [5.74, 6) is 7.64. The van der Waals surface area contributed by atoms with Crippen molar-refractivity contribution in [1.29, 1.82) is 0 Å². The highest BCUT2D eigenvalue weighted by Crippen LogP contribution is 2.20. The molecular weight excluding hydrogens is 240 g/mol. The Balaban J connectivity index is 2.32. The van der Waals surface area contributed by atoms with E-state index < -0.39 is 0 Å². The van der Waals surface area contributed by atoms with Crippen LogP contribution in [0.1, 0.15) is 24.0 Å². The largest absolute Gasteiger partial charge is 0.496 e. The molecule has 0 aliphatic carbocycles. The van der Waals surface area contributed by atoms with Crippen molar-refractivity contribution in [1.82, 2.24) is 9.97 Å². The lowest BCUT2D eigenvalue weighted by Gasteiger charge is -2.09. The molecule has 1 aromatic carbocycles. The molecule has 0 atom stereocenters. The molecule has 0 unspecified atom stereocenters. The molecule has 0 radical (unpaired) electrons. The number of nitrogens with zero attached hydrogens (tertiary/aromatic N) is 2. The maximum absolute atomic E-state index is 5.43. The predicted molar refractivity (Wildman–Crippen MR) is 75.0 cm³/mol. The number of nitrogens with one attached hydrogen (secondary N) is 1. The molecule has 0 aliphatic heterocycles. The van der Waals surface area contributed by atoms with Crippen LogP contribution in [0.15, 0.2) is 30.3 Å². The van der Waals surface area contributed by atoms with Crippen LogP contribution in [0, 0.1) is 0 Å². The third kappa shape index (κ3) is 3.20. The first-order valence-electron chi connectivity index (χ1n) is 6.22. The summed E-state index contributed by atoms with van der Waals surface area (Å²) in [6, 6.07) is 9.71. The molecule has 0 amide bonds. The van der Waals surface area contributed by atoms with Crippen LogP contribution < -0.4 is 16.0 Å². The number of anilines is 1. The molecule has 0 fully saturated rings. The van der Waals surface area contributed by atoms with Crippen LogP contribution in [0.3, 0.4) is 0 Å². The molecular formula is C14H18N4O. The third-order valence-electron chi connectivity index (χ3n) is 2.88. The van der Waals surface area contributed by atoms with Gasteiger partial charge in [-0.3, -0.25) is 0 Å². The van der Waals surface area contributed by atoms with Crippen LogP contribution in [0.25, 0.3) is 0 Å². The number of rotatable bonds is 5. The average Bonchev–Trinajstić information content (AvgIpc) is 2.47. The van der Waals surface area contributed by atoms with E-state index in [4.69, 9.17) is 10.6 Å². The quantitative estimate of drug-likeness (QED) is 0.633. The van der Waals surface area contributed by atoms with Crippen molar-refractivity contribution in [2.45, 2.75) is 19.8 Å². The van der Waals surface area contributed by atoms with E-state index in [1.165, 1.54) is 0 Å². The number of hydrazine groups is 1. The van der Waals surface area contributed by atoms with Crippen molar-refractivity contribution in [3.8, 4) is 5.75 Å². The fourth-order valence-corrected chi connectivity index (χ4v) is 1.91. The Kier molecular flexibility index (Phi) is 4.30. The zero-order valence-corrected chi connectivity index (χ0v) is 11.2. The van der Waals surface area contributed by atoms with Gasteiger partial charge in [-0.2, -0.15) is 0 Å². The van der Waals surface area contributed by atoms with Crippen molar-refractivity contribution >= 4 is 5.82 Å². The van der Waals surface area contributed by atoms with E-state index in [-0.39, 0.29) is 0 Å². The van der Waals surface area contributed by atoms with Gasteiger partial charge in [-0.25, -0.2) is 15.8 Å². The summed E-state index contributed by atoms with van der Waals surface area (Å²) >= 11 is 0.